The van der Waals surface area contributed by atoms with E-state index in [9.17, 15) is 9.59 Å². The molecule has 2 aromatic heterocycles. The molecular weight excluding hydrogens is 340 g/mol. The number of rotatable bonds is 6. The molecule has 0 spiro atoms. The molecule has 0 aromatic carbocycles. The molecule has 0 aliphatic carbocycles. The van der Waals surface area contributed by atoms with E-state index in [4.69, 9.17) is 9.15 Å². The Kier molecular flexibility index (Phi) is 5.67. The fraction of sp³-hybridized carbons (Fsp3) is 0.444. The molecule has 1 atom stereocenters. The Balaban J connectivity index is 1.69. The summed E-state index contributed by atoms with van der Waals surface area (Å²) in [5, 5.41) is 2.97. The van der Waals surface area contributed by atoms with Crippen molar-refractivity contribution < 1.29 is 18.7 Å². The molecule has 2 aromatic rings. The lowest BCUT2D eigenvalue weighted by Crippen LogP contribution is -2.43. The maximum absolute atomic E-state index is 12.4. The predicted molar refractivity (Wildman–Crippen MR) is 95.2 cm³/mol. The normalized spacial score (nSPS) is 16.6. The minimum absolute atomic E-state index is 0.0266. The number of carbonyl (C=O) groups is 2. The van der Waals surface area contributed by atoms with Crippen molar-refractivity contribution in [2.75, 3.05) is 32.8 Å². The van der Waals surface area contributed by atoms with Crippen LogP contribution in [0.15, 0.2) is 28.7 Å². The van der Waals surface area contributed by atoms with Gasteiger partial charge in [0.2, 0.25) is 0 Å². The van der Waals surface area contributed by atoms with E-state index >= 15 is 0 Å². The number of hydrogen-bond donors (Lipinski definition) is 1. The number of furan rings is 1. The highest BCUT2D eigenvalue weighted by Crippen LogP contribution is 2.24. The van der Waals surface area contributed by atoms with Gasteiger partial charge in [0.15, 0.2) is 5.78 Å². The Bertz CT molecular complexity index is 746. The average molecular weight is 362 g/mol. The summed E-state index contributed by atoms with van der Waals surface area (Å²) in [4.78, 5) is 27.2. The number of thiophene rings is 1. The number of Topliss-reactive ketones (excluding diaryl/α,β-unsaturated/α-hetero) is 1. The summed E-state index contributed by atoms with van der Waals surface area (Å²) < 4.78 is 11.2. The van der Waals surface area contributed by atoms with Crippen molar-refractivity contribution in [3.05, 3.63) is 45.5 Å². The van der Waals surface area contributed by atoms with E-state index in [0.29, 0.717) is 29.5 Å². The van der Waals surface area contributed by atoms with Crippen molar-refractivity contribution in [2.24, 2.45) is 0 Å². The zero-order valence-corrected chi connectivity index (χ0v) is 15.2. The van der Waals surface area contributed by atoms with Gasteiger partial charge in [0, 0.05) is 19.6 Å². The summed E-state index contributed by atoms with van der Waals surface area (Å²) >= 11 is 1.22. The molecule has 1 N–H and O–H groups in total. The Hall–Kier alpha value is -1.96. The summed E-state index contributed by atoms with van der Waals surface area (Å²) in [7, 11) is 0. The summed E-state index contributed by atoms with van der Waals surface area (Å²) in [6.07, 6.45) is 0. The molecule has 0 radical (unpaired) electrons. The quantitative estimate of drug-likeness (QED) is 0.800. The minimum atomic E-state index is -0.168. The second-order valence-corrected chi connectivity index (χ2v) is 7.13. The number of hydrogen-bond acceptors (Lipinski definition) is 6. The van der Waals surface area contributed by atoms with Crippen molar-refractivity contribution in [3.8, 4) is 0 Å². The van der Waals surface area contributed by atoms with Gasteiger partial charge < -0.3 is 14.5 Å². The van der Waals surface area contributed by atoms with Gasteiger partial charge in [0.1, 0.15) is 11.5 Å². The van der Waals surface area contributed by atoms with E-state index in [1.807, 2.05) is 19.1 Å². The standard InChI is InChI=1S/C18H22N2O4S/c1-12-3-4-15(24-12)14(20-7-9-23-10-8-20)11-19-18(22)17-6-5-16(25-17)13(2)21/h3-6,14H,7-11H2,1-2H3,(H,19,22). The molecule has 1 fully saturated rings. The number of aryl methyl sites for hydroxylation is 1. The lowest BCUT2D eigenvalue weighted by atomic mass is 10.1. The predicted octanol–water partition coefficient (Wildman–Crippen LogP) is 2.66. The SMILES string of the molecule is CC(=O)c1ccc(C(=O)NCC(c2ccc(C)o2)N2CCOCC2)s1. The first-order valence-corrected chi connectivity index (χ1v) is 9.13. The van der Waals surface area contributed by atoms with Crippen molar-refractivity contribution in [1.29, 1.82) is 0 Å². The zero-order valence-electron chi connectivity index (χ0n) is 14.4. The Morgan fingerprint density at radius 3 is 2.52 bits per heavy atom. The molecule has 7 heteroatoms. The monoisotopic (exact) mass is 362 g/mol. The van der Waals surface area contributed by atoms with Gasteiger partial charge in [-0.05, 0) is 38.1 Å². The molecular formula is C18H22N2O4S. The molecule has 1 aliphatic heterocycles. The highest BCUT2D eigenvalue weighted by atomic mass is 32.1. The van der Waals surface area contributed by atoms with Crippen LogP contribution in [-0.2, 0) is 4.74 Å². The fourth-order valence-corrected chi connectivity index (χ4v) is 3.67. The Labute approximate surface area is 150 Å². The lowest BCUT2D eigenvalue weighted by molar-refractivity contribution is 0.0117. The van der Waals surface area contributed by atoms with Crippen LogP contribution in [0.25, 0.3) is 0 Å². The number of carbonyl (C=O) groups excluding carboxylic acids is 2. The highest BCUT2D eigenvalue weighted by Gasteiger charge is 2.26. The number of ketones is 1. The number of nitrogens with one attached hydrogen (secondary N) is 1. The molecule has 134 valence electrons. The lowest BCUT2D eigenvalue weighted by Gasteiger charge is -2.33. The van der Waals surface area contributed by atoms with Crippen LogP contribution in [0.4, 0.5) is 0 Å². The maximum Gasteiger partial charge on any atom is 0.261 e. The van der Waals surface area contributed by atoms with Gasteiger partial charge in [-0.2, -0.15) is 0 Å². The molecule has 1 amide bonds. The fourth-order valence-electron chi connectivity index (χ4n) is 2.86. The molecule has 3 heterocycles. The van der Waals surface area contributed by atoms with Crippen LogP contribution in [-0.4, -0.2) is 49.4 Å². The van der Waals surface area contributed by atoms with Gasteiger partial charge in [-0.1, -0.05) is 0 Å². The highest BCUT2D eigenvalue weighted by molar-refractivity contribution is 7.15. The van der Waals surface area contributed by atoms with Gasteiger partial charge in [-0.3, -0.25) is 14.5 Å². The van der Waals surface area contributed by atoms with E-state index < -0.39 is 0 Å². The van der Waals surface area contributed by atoms with E-state index in [1.54, 1.807) is 12.1 Å². The first-order chi connectivity index (χ1) is 12.0. The summed E-state index contributed by atoms with van der Waals surface area (Å²) in [6, 6.07) is 7.24. The average Bonchev–Trinajstić information content (AvgIpc) is 3.25. The van der Waals surface area contributed by atoms with Crippen LogP contribution < -0.4 is 5.32 Å². The molecule has 6 nitrogen and oxygen atoms in total. The molecule has 1 saturated heterocycles. The number of morpholine rings is 1. The summed E-state index contributed by atoms with van der Waals surface area (Å²) in [5.74, 6) is 1.50. The van der Waals surface area contributed by atoms with Gasteiger partial charge in [-0.15, -0.1) is 11.3 Å². The third-order valence-corrected chi connectivity index (χ3v) is 5.39. The topological polar surface area (TPSA) is 71.8 Å². The van der Waals surface area contributed by atoms with Crippen LogP contribution in [0.3, 0.4) is 0 Å². The van der Waals surface area contributed by atoms with Crippen LogP contribution in [0, 0.1) is 6.92 Å². The number of amides is 1. The van der Waals surface area contributed by atoms with Crippen molar-refractivity contribution in [1.82, 2.24) is 10.2 Å². The van der Waals surface area contributed by atoms with Crippen LogP contribution in [0.5, 0.6) is 0 Å². The molecule has 0 bridgehead atoms. The number of ether oxygens (including phenoxy) is 1. The summed E-state index contributed by atoms with van der Waals surface area (Å²) in [5.41, 5.74) is 0. The van der Waals surface area contributed by atoms with Crippen LogP contribution >= 0.6 is 11.3 Å². The largest absolute Gasteiger partial charge is 0.465 e. The smallest absolute Gasteiger partial charge is 0.261 e. The third-order valence-electron chi connectivity index (χ3n) is 4.21. The first kappa shape index (κ1) is 17.8. The van der Waals surface area contributed by atoms with Gasteiger partial charge in [0.25, 0.3) is 5.91 Å². The van der Waals surface area contributed by atoms with Crippen molar-refractivity contribution >= 4 is 23.0 Å². The minimum Gasteiger partial charge on any atom is -0.465 e. The third kappa shape index (κ3) is 4.36. The second kappa shape index (κ2) is 7.95. The van der Waals surface area contributed by atoms with Gasteiger partial charge in [-0.25, -0.2) is 0 Å². The molecule has 25 heavy (non-hydrogen) atoms. The molecule has 3 rings (SSSR count). The number of nitrogens with zero attached hydrogens (tertiary/aromatic N) is 1. The first-order valence-electron chi connectivity index (χ1n) is 8.31. The Morgan fingerprint density at radius 2 is 1.92 bits per heavy atom. The van der Waals surface area contributed by atoms with E-state index in [1.165, 1.54) is 18.3 Å². The molecule has 1 aliphatic rings. The second-order valence-electron chi connectivity index (χ2n) is 6.04. The van der Waals surface area contributed by atoms with E-state index in [2.05, 4.69) is 10.2 Å². The van der Waals surface area contributed by atoms with Crippen LogP contribution in [0.2, 0.25) is 0 Å². The van der Waals surface area contributed by atoms with E-state index in [-0.39, 0.29) is 17.7 Å². The van der Waals surface area contributed by atoms with Crippen LogP contribution in [0.1, 0.15) is 43.8 Å². The Morgan fingerprint density at radius 1 is 1.20 bits per heavy atom. The van der Waals surface area contributed by atoms with Gasteiger partial charge >= 0.3 is 0 Å². The maximum atomic E-state index is 12.4. The molecule has 0 saturated carbocycles. The van der Waals surface area contributed by atoms with Crippen molar-refractivity contribution in [3.63, 3.8) is 0 Å². The summed E-state index contributed by atoms with van der Waals surface area (Å²) in [6.45, 7) is 6.81. The zero-order chi connectivity index (χ0) is 17.8. The molecule has 1 unspecified atom stereocenters. The van der Waals surface area contributed by atoms with Gasteiger partial charge in [0.05, 0.1) is 29.0 Å². The van der Waals surface area contributed by atoms with Crippen molar-refractivity contribution in [2.45, 2.75) is 19.9 Å². The van der Waals surface area contributed by atoms with E-state index in [0.717, 1.165) is 24.6 Å².